The van der Waals surface area contributed by atoms with E-state index in [9.17, 15) is 8.78 Å². The SMILES string of the molecule is Fc1cc(N=C=S)cc(F)c1-c1ccc(-c2cc[c-]cc2)cc1.[Ru+]. The maximum absolute atomic E-state index is 14.2. The van der Waals surface area contributed by atoms with Crippen molar-refractivity contribution >= 4 is 23.1 Å². The molecule has 0 aliphatic carbocycles. The van der Waals surface area contributed by atoms with E-state index in [2.05, 4.69) is 28.4 Å². The van der Waals surface area contributed by atoms with E-state index in [1.54, 1.807) is 12.1 Å². The molecule has 0 atom stereocenters. The van der Waals surface area contributed by atoms with Crippen LogP contribution in [0, 0.1) is 17.7 Å². The molecule has 0 saturated carbocycles. The summed E-state index contributed by atoms with van der Waals surface area (Å²) < 4.78 is 28.4. The fourth-order valence-electron chi connectivity index (χ4n) is 2.36. The number of isothiocyanates is 1. The second-order valence-corrected chi connectivity index (χ2v) is 5.04. The zero-order valence-electron chi connectivity index (χ0n) is 12.2. The molecule has 0 unspecified atom stereocenters. The minimum absolute atomic E-state index is 0. The van der Waals surface area contributed by atoms with Gasteiger partial charge in [-0.1, -0.05) is 24.3 Å². The predicted molar refractivity (Wildman–Crippen MR) is 90.8 cm³/mol. The van der Waals surface area contributed by atoms with Gasteiger partial charge in [-0.2, -0.15) is 35.3 Å². The van der Waals surface area contributed by atoms with E-state index in [0.29, 0.717) is 5.56 Å². The number of aliphatic imine (C=N–C) groups is 1. The third-order valence-electron chi connectivity index (χ3n) is 3.43. The van der Waals surface area contributed by atoms with Crippen LogP contribution in [0.2, 0.25) is 0 Å². The largest absolute Gasteiger partial charge is 1.00 e. The standard InChI is InChI=1S/C19H10F2NS.Ru/c20-17-10-16(22-12-23)11-18(21)19(17)15-8-6-14(7-9-15)13-4-2-1-3-5-13;/h2-11H;/q-1;+1. The quantitative estimate of drug-likeness (QED) is 0.223. The monoisotopic (exact) mass is 424 g/mol. The van der Waals surface area contributed by atoms with Crippen molar-refractivity contribution in [3.8, 4) is 22.3 Å². The van der Waals surface area contributed by atoms with Crippen molar-refractivity contribution in [1.29, 1.82) is 0 Å². The number of rotatable bonds is 3. The molecule has 1 radical (unpaired) electrons. The van der Waals surface area contributed by atoms with Crippen LogP contribution in [0.1, 0.15) is 0 Å². The van der Waals surface area contributed by atoms with Crippen molar-refractivity contribution in [2.45, 2.75) is 0 Å². The minimum Gasteiger partial charge on any atom is -0.206 e. The Morgan fingerprint density at radius 3 is 1.88 bits per heavy atom. The van der Waals surface area contributed by atoms with Gasteiger partial charge in [0.1, 0.15) is 11.6 Å². The van der Waals surface area contributed by atoms with Crippen LogP contribution in [0.25, 0.3) is 22.3 Å². The molecule has 0 heterocycles. The first-order valence-electron chi connectivity index (χ1n) is 6.83. The zero-order valence-corrected chi connectivity index (χ0v) is 14.8. The third kappa shape index (κ3) is 3.88. The van der Waals surface area contributed by atoms with Gasteiger partial charge in [-0.05, 0) is 23.3 Å². The Labute approximate surface area is 156 Å². The Balaban J connectivity index is 0.00000208. The van der Waals surface area contributed by atoms with Gasteiger partial charge in [0.25, 0.3) is 0 Å². The molecular formula is C19H10F2NRuS. The van der Waals surface area contributed by atoms with Crippen molar-refractivity contribution in [3.63, 3.8) is 0 Å². The molecule has 0 spiro atoms. The third-order valence-corrected chi connectivity index (χ3v) is 3.52. The average molecular weight is 423 g/mol. The van der Waals surface area contributed by atoms with Gasteiger partial charge in [-0.25, -0.2) is 8.78 Å². The normalized spacial score (nSPS) is 9.75. The van der Waals surface area contributed by atoms with Crippen LogP contribution in [-0.2, 0) is 19.5 Å². The van der Waals surface area contributed by atoms with Crippen LogP contribution in [0.15, 0.2) is 65.7 Å². The fraction of sp³-hybridized carbons (Fsp3) is 0. The van der Waals surface area contributed by atoms with Gasteiger partial charge < -0.3 is 0 Å². The van der Waals surface area contributed by atoms with Gasteiger partial charge in [0, 0.05) is 12.1 Å². The van der Waals surface area contributed by atoms with Gasteiger partial charge in [-0.15, -0.1) is 5.56 Å². The Kier molecular flexibility index (Phi) is 6.22. The van der Waals surface area contributed by atoms with E-state index in [4.69, 9.17) is 0 Å². The molecule has 119 valence electrons. The van der Waals surface area contributed by atoms with Crippen molar-refractivity contribution in [2.75, 3.05) is 0 Å². The number of benzene rings is 3. The van der Waals surface area contributed by atoms with E-state index in [0.717, 1.165) is 23.3 Å². The molecule has 24 heavy (non-hydrogen) atoms. The smallest absolute Gasteiger partial charge is 0.206 e. The Morgan fingerprint density at radius 2 is 1.33 bits per heavy atom. The number of hydrogen-bond donors (Lipinski definition) is 0. The molecule has 0 aliphatic rings. The molecule has 5 heteroatoms. The number of halogens is 2. The van der Waals surface area contributed by atoms with Crippen LogP contribution >= 0.6 is 12.2 Å². The van der Waals surface area contributed by atoms with E-state index >= 15 is 0 Å². The average Bonchev–Trinajstić information content (AvgIpc) is 2.56. The van der Waals surface area contributed by atoms with Gasteiger partial charge in [-0.3, -0.25) is 0 Å². The van der Waals surface area contributed by atoms with Crippen LogP contribution < -0.4 is 0 Å². The Bertz CT molecular complexity index is 866. The van der Waals surface area contributed by atoms with Gasteiger partial charge in [0.05, 0.1) is 16.4 Å². The molecule has 3 aromatic rings. The summed E-state index contributed by atoms with van der Waals surface area (Å²) in [5, 5.41) is 2.10. The molecule has 0 N–H and O–H groups in total. The topological polar surface area (TPSA) is 12.4 Å². The van der Waals surface area contributed by atoms with E-state index < -0.39 is 11.6 Å². The molecule has 0 aliphatic heterocycles. The van der Waals surface area contributed by atoms with E-state index in [1.165, 1.54) is 0 Å². The summed E-state index contributed by atoms with van der Waals surface area (Å²) >= 11 is 4.44. The van der Waals surface area contributed by atoms with Crippen LogP contribution in [0.4, 0.5) is 14.5 Å². The summed E-state index contributed by atoms with van der Waals surface area (Å²) in [6.45, 7) is 0. The maximum atomic E-state index is 14.2. The van der Waals surface area contributed by atoms with Crippen molar-refractivity contribution in [2.24, 2.45) is 4.99 Å². The Morgan fingerprint density at radius 1 is 0.833 bits per heavy atom. The minimum atomic E-state index is -0.684. The maximum Gasteiger partial charge on any atom is 1.00 e. The molecule has 3 aromatic carbocycles. The first-order valence-corrected chi connectivity index (χ1v) is 7.23. The second-order valence-electron chi connectivity index (χ2n) is 4.85. The second kappa shape index (κ2) is 8.16. The molecule has 0 aromatic heterocycles. The fourth-order valence-corrected chi connectivity index (χ4v) is 2.47. The molecule has 0 bridgehead atoms. The number of nitrogens with zero attached hydrogens (tertiary/aromatic N) is 1. The van der Waals surface area contributed by atoms with Crippen LogP contribution in [-0.4, -0.2) is 5.16 Å². The zero-order chi connectivity index (χ0) is 16.2. The summed E-state index contributed by atoms with van der Waals surface area (Å²) in [7, 11) is 0. The summed E-state index contributed by atoms with van der Waals surface area (Å²) in [6, 6.07) is 19.7. The van der Waals surface area contributed by atoms with Crippen LogP contribution in [0.5, 0.6) is 0 Å². The molecule has 0 saturated heterocycles. The Hall–Kier alpha value is -2.06. The van der Waals surface area contributed by atoms with Gasteiger partial charge >= 0.3 is 19.5 Å². The summed E-state index contributed by atoms with van der Waals surface area (Å²) in [4.78, 5) is 3.60. The van der Waals surface area contributed by atoms with E-state index in [1.807, 2.05) is 36.4 Å². The first kappa shape index (κ1) is 18.3. The van der Waals surface area contributed by atoms with Crippen molar-refractivity contribution in [1.82, 2.24) is 0 Å². The molecule has 1 nitrogen and oxygen atoms in total. The summed E-state index contributed by atoms with van der Waals surface area (Å²) in [6.07, 6.45) is 0. The van der Waals surface area contributed by atoms with Gasteiger partial charge in [0.2, 0.25) is 0 Å². The van der Waals surface area contributed by atoms with E-state index in [-0.39, 0.29) is 30.7 Å². The molecule has 3 rings (SSSR count). The number of hydrogen-bond acceptors (Lipinski definition) is 2. The van der Waals surface area contributed by atoms with Crippen molar-refractivity contribution in [3.05, 3.63) is 78.4 Å². The number of thiocarbonyl (C=S) groups is 1. The predicted octanol–water partition coefficient (Wildman–Crippen LogP) is 5.83. The molecular weight excluding hydrogens is 413 g/mol. The first-order chi connectivity index (χ1) is 11.2. The summed E-state index contributed by atoms with van der Waals surface area (Å²) in [5.74, 6) is -1.37. The van der Waals surface area contributed by atoms with Gasteiger partial charge in [0.15, 0.2) is 0 Å². The molecule has 0 fully saturated rings. The summed E-state index contributed by atoms with van der Waals surface area (Å²) in [5.41, 5.74) is 2.47. The van der Waals surface area contributed by atoms with Crippen molar-refractivity contribution < 1.29 is 28.3 Å². The molecule has 0 amide bonds. The van der Waals surface area contributed by atoms with Crippen LogP contribution in [0.3, 0.4) is 0 Å².